The van der Waals surface area contributed by atoms with Gasteiger partial charge < -0.3 is 10.1 Å². The molecule has 0 unspecified atom stereocenters. The van der Waals surface area contributed by atoms with E-state index in [-0.39, 0.29) is 11.5 Å². The summed E-state index contributed by atoms with van der Waals surface area (Å²) in [5.74, 6) is 2.20. The standard InChI is InChI=1S/C18H24ClNO2S/c1-22-17(10-11-23-13-17)12-20-16(21)18(8-2-3-9-18)14-4-6-15(19)7-5-14/h4-7H,2-3,8-13H2,1H3,(H,20,21)/t17-/m0/s1. The second-order valence-electron chi connectivity index (χ2n) is 6.67. The normalized spacial score (nSPS) is 26.3. The van der Waals surface area contributed by atoms with Gasteiger partial charge in [-0.1, -0.05) is 36.6 Å². The lowest BCUT2D eigenvalue weighted by Gasteiger charge is -2.32. The van der Waals surface area contributed by atoms with Gasteiger partial charge in [0.15, 0.2) is 0 Å². The molecular weight excluding hydrogens is 330 g/mol. The zero-order valence-corrected chi connectivity index (χ0v) is 15.1. The maximum absolute atomic E-state index is 13.1. The first-order valence-electron chi connectivity index (χ1n) is 8.28. The average Bonchev–Trinajstić information content (AvgIpc) is 3.24. The fourth-order valence-electron chi connectivity index (χ4n) is 3.77. The first-order chi connectivity index (χ1) is 11.1. The molecule has 5 heteroatoms. The van der Waals surface area contributed by atoms with Gasteiger partial charge in [-0.2, -0.15) is 11.8 Å². The Labute approximate surface area is 147 Å². The van der Waals surface area contributed by atoms with E-state index in [1.807, 2.05) is 36.0 Å². The van der Waals surface area contributed by atoms with E-state index in [0.29, 0.717) is 11.6 Å². The van der Waals surface area contributed by atoms with Crippen LogP contribution in [-0.4, -0.2) is 36.7 Å². The molecule has 0 spiro atoms. The Morgan fingerprint density at radius 3 is 2.52 bits per heavy atom. The Morgan fingerprint density at radius 2 is 1.96 bits per heavy atom. The molecule has 1 saturated carbocycles. The monoisotopic (exact) mass is 353 g/mol. The summed E-state index contributed by atoms with van der Waals surface area (Å²) in [5, 5.41) is 3.91. The molecule has 3 rings (SSSR count). The van der Waals surface area contributed by atoms with Crippen molar-refractivity contribution in [2.24, 2.45) is 0 Å². The lowest BCUT2D eigenvalue weighted by molar-refractivity contribution is -0.128. The number of halogens is 1. The number of amides is 1. The predicted octanol–water partition coefficient (Wildman–Crippen LogP) is 3.79. The molecular formula is C18H24ClNO2S. The third-order valence-electron chi connectivity index (χ3n) is 5.36. The van der Waals surface area contributed by atoms with Gasteiger partial charge in [0.25, 0.3) is 0 Å². The SMILES string of the molecule is CO[C@]1(CNC(=O)C2(c3ccc(Cl)cc3)CCCC2)CCSC1. The highest BCUT2D eigenvalue weighted by Gasteiger charge is 2.44. The number of rotatable bonds is 5. The topological polar surface area (TPSA) is 38.3 Å². The van der Waals surface area contributed by atoms with E-state index >= 15 is 0 Å². The highest BCUT2D eigenvalue weighted by atomic mass is 35.5. The highest BCUT2D eigenvalue weighted by Crippen LogP contribution is 2.42. The van der Waals surface area contributed by atoms with Crippen LogP contribution in [0.4, 0.5) is 0 Å². The van der Waals surface area contributed by atoms with Crippen LogP contribution >= 0.6 is 23.4 Å². The molecule has 1 aromatic carbocycles. The maximum Gasteiger partial charge on any atom is 0.230 e. The summed E-state index contributed by atoms with van der Waals surface area (Å²) >= 11 is 7.90. The molecule has 2 fully saturated rings. The van der Waals surface area contributed by atoms with E-state index in [4.69, 9.17) is 16.3 Å². The summed E-state index contributed by atoms with van der Waals surface area (Å²) in [6.45, 7) is 0.602. The van der Waals surface area contributed by atoms with Crippen molar-refractivity contribution in [1.82, 2.24) is 5.32 Å². The van der Waals surface area contributed by atoms with Gasteiger partial charge in [0.2, 0.25) is 5.91 Å². The molecule has 1 amide bonds. The summed E-state index contributed by atoms with van der Waals surface area (Å²) in [4.78, 5) is 13.1. The maximum atomic E-state index is 13.1. The van der Waals surface area contributed by atoms with Gasteiger partial charge in [0.05, 0.1) is 11.0 Å². The van der Waals surface area contributed by atoms with E-state index in [1.165, 1.54) is 0 Å². The van der Waals surface area contributed by atoms with Gasteiger partial charge in [-0.25, -0.2) is 0 Å². The van der Waals surface area contributed by atoms with Crippen LogP contribution in [0.3, 0.4) is 0 Å². The highest BCUT2D eigenvalue weighted by molar-refractivity contribution is 7.99. The van der Waals surface area contributed by atoms with Crippen molar-refractivity contribution in [1.29, 1.82) is 0 Å². The lowest BCUT2D eigenvalue weighted by Crippen LogP contribution is -2.50. The first kappa shape index (κ1) is 17.1. The van der Waals surface area contributed by atoms with Crippen LogP contribution in [0.25, 0.3) is 0 Å². The molecule has 1 atom stereocenters. The first-order valence-corrected chi connectivity index (χ1v) is 9.81. The molecule has 1 saturated heterocycles. The van der Waals surface area contributed by atoms with Crippen LogP contribution in [0.2, 0.25) is 5.02 Å². The van der Waals surface area contributed by atoms with Crippen molar-refractivity contribution in [3.8, 4) is 0 Å². The average molecular weight is 354 g/mol. The number of nitrogens with one attached hydrogen (secondary N) is 1. The Kier molecular flexibility index (Phi) is 5.24. The van der Waals surface area contributed by atoms with Gasteiger partial charge in [0.1, 0.15) is 0 Å². The second-order valence-corrected chi connectivity index (χ2v) is 8.21. The Hall–Kier alpha value is -0.710. The van der Waals surface area contributed by atoms with Gasteiger partial charge in [-0.15, -0.1) is 0 Å². The summed E-state index contributed by atoms with van der Waals surface area (Å²) < 4.78 is 5.71. The molecule has 2 aliphatic rings. The smallest absolute Gasteiger partial charge is 0.230 e. The molecule has 23 heavy (non-hydrogen) atoms. The second kappa shape index (κ2) is 7.04. The number of carbonyl (C=O) groups is 1. The van der Waals surface area contributed by atoms with Crippen LogP contribution in [0.15, 0.2) is 24.3 Å². The molecule has 126 valence electrons. The van der Waals surface area contributed by atoms with Gasteiger partial charge in [-0.3, -0.25) is 4.79 Å². The molecule has 0 radical (unpaired) electrons. The fourth-order valence-corrected chi connectivity index (χ4v) is 5.29. The van der Waals surface area contributed by atoms with Crippen LogP contribution in [0, 0.1) is 0 Å². The van der Waals surface area contributed by atoms with Gasteiger partial charge in [0, 0.05) is 24.4 Å². The quantitative estimate of drug-likeness (QED) is 0.875. The van der Waals surface area contributed by atoms with Crippen molar-refractivity contribution in [3.05, 3.63) is 34.9 Å². The zero-order chi connectivity index (χ0) is 16.3. The number of hydrogen-bond acceptors (Lipinski definition) is 3. The van der Waals surface area contributed by atoms with Crippen molar-refractivity contribution in [2.45, 2.75) is 43.1 Å². The van der Waals surface area contributed by atoms with Crippen molar-refractivity contribution in [2.75, 3.05) is 25.2 Å². The van der Waals surface area contributed by atoms with E-state index in [9.17, 15) is 4.79 Å². The van der Waals surface area contributed by atoms with Crippen LogP contribution in [-0.2, 0) is 14.9 Å². The largest absolute Gasteiger partial charge is 0.376 e. The number of ether oxygens (including phenoxy) is 1. The molecule has 1 aliphatic heterocycles. The van der Waals surface area contributed by atoms with Crippen LogP contribution < -0.4 is 5.32 Å². The van der Waals surface area contributed by atoms with E-state index in [0.717, 1.165) is 49.2 Å². The predicted molar refractivity (Wildman–Crippen MR) is 96.3 cm³/mol. The third-order valence-corrected chi connectivity index (χ3v) is 6.83. The van der Waals surface area contributed by atoms with E-state index in [2.05, 4.69) is 5.32 Å². The summed E-state index contributed by atoms with van der Waals surface area (Å²) in [7, 11) is 1.75. The summed E-state index contributed by atoms with van der Waals surface area (Å²) in [5.41, 5.74) is 0.495. The third kappa shape index (κ3) is 3.40. The fraction of sp³-hybridized carbons (Fsp3) is 0.611. The molecule has 0 bridgehead atoms. The minimum Gasteiger partial charge on any atom is -0.376 e. The number of hydrogen-bond donors (Lipinski definition) is 1. The van der Waals surface area contributed by atoms with Crippen molar-refractivity contribution >= 4 is 29.3 Å². The van der Waals surface area contributed by atoms with Gasteiger partial charge >= 0.3 is 0 Å². The number of carbonyl (C=O) groups excluding carboxylic acids is 1. The summed E-state index contributed by atoms with van der Waals surface area (Å²) in [6, 6.07) is 7.78. The zero-order valence-electron chi connectivity index (χ0n) is 13.6. The molecule has 1 N–H and O–H groups in total. The molecule has 1 aromatic rings. The minimum absolute atomic E-state index is 0.144. The Bertz CT molecular complexity index is 549. The van der Waals surface area contributed by atoms with Crippen molar-refractivity contribution in [3.63, 3.8) is 0 Å². The Balaban J connectivity index is 1.75. The number of methoxy groups -OCH3 is 1. The number of benzene rings is 1. The molecule has 1 heterocycles. The minimum atomic E-state index is -0.398. The molecule has 1 aliphatic carbocycles. The van der Waals surface area contributed by atoms with Crippen LogP contribution in [0.5, 0.6) is 0 Å². The number of thioether (sulfide) groups is 1. The van der Waals surface area contributed by atoms with E-state index in [1.54, 1.807) is 7.11 Å². The van der Waals surface area contributed by atoms with Gasteiger partial charge in [-0.05, 0) is 42.7 Å². The molecule has 0 aromatic heterocycles. The van der Waals surface area contributed by atoms with Crippen molar-refractivity contribution < 1.29 is 9.53 Å². The van der Waals surface area contributed by atoms with E-state index < -0.39 is 5.41 Å². The van der Waals surface area contributed by atoms with Crippen LogP contribution in [0.1, 0.15) is 37.7 Å². The molecule has 3 nitrogen and oxygen atoms in total. The Morgan fingerprint density at radius 1 is 1.26 bits per heavy atom. The summed E-state index contributed by atoms with van der Waals surface area (Å²) in [6.07, 6.45) is 5.02. The lowest BCUT2D eigenvalue weighted by atomic mass is 9.78.